The molecule has 0 amide bonds. The molecule has 0 aliphatic heterocycles. The van der Waals surface area contributed by atoms with Crippen LogP contribution in [0, 0.1) is 5.82 Å². The molecular formula is C9H9FN8. The maximum atomic E-state index is 13.0. The van der Waals surface area contributed by atoms with Crippen molar-refractivity contribution in [2.24, 2.45) is 0 Å². The van der Waals surface area contributed by atoms with Crippen LogP contribution >= 0.6 is 0 Å². The van der Waals surface area contributed by atoms with Crippen LogP contribution < -0.4 is 5.32 Å². The normalized spacial score (nSPS) is 12.8. The van der Waals surface area contributed by atoms with Crippen LogP contribution in [-0.4, -0.2) is 35.2 Å². The maximum Gasteiger partial charge on any atom is 0.243 e. The van der Waals surface area contributed by atoms with Gasteiger partial charge in [0.2, 0.25) is 5.95 Å². The van der Waals surface area contributed by atoms with Crippen molar-refractivity contribution >= 4 is 11.6 Å². The summed E-state index contributed by atoms with van der Waals surface area (Å²) in [5.74, 6) is 0.503. The molecule has 0 saturated carbocycles. The van der Waals surface area contributed by atoms with E-state index in [1.807, 2.05) is 6.92 Å². The maximum absolute atomic E-state index is 13.0. The average molecular weight is 248 g/mol. The van der Waals surface area contributed by atoms with Gasteiger partial charge in [0.15, 0.2) is 11.5 Å². The number of rotatable bonds is 3. The average Bonchev–Trinajstić information content (AvgIpc) is 2.95. The van der Waals surface area contributed by atoms with Gasteiger partial charge in [-0.05, 0) is 19.1 Å². The minimum Gasteiger partial charge on any atom is -0.343 e. The van der Waals surface area contributed by atoms with Gasteiger partial charge in [-0.2, -0.15) is 10.2 Å². The van der Waals surface area contributed by atoms with Gasteiger partial charge in [0, 0.05) is 0 Å². The number of anilines is 1. The number of nitrogens with one attached hydrogen (secondary N) is 2. The number of tetrazole rings is 1. The Morgan fingerprint density at radius 2 is 2.33 bits per heavy atom. The summed E-state index contributed by atoms with van der Waals surface area (Å²) in [6, 6.07) is 2.68. The van der Waals surface area contributed by atoms with Gasteiger partial charge in [0.05, 0.1) is 12.2 Å². The first kappa shape index (κ1) is 10.6. The number of pyridine rings is 1. The molecule has 3 aromatic rings. The third-order valence-electron chi connectivity index (χ3n) is 2.39. The Bertz CT molecular complexity index is 660. The van der Waals surface area contributed by atoms with Crippen molar-refractivity contribution in [3.63, 3.8) is 0 Å². The fourth-order valence-corrected chi connectivity index (χ4v) is 1.53. The molecule has 8 nitrogen and oxygen atoms in total. The highest BCUT2D eigenvalue weighted by atomic mass is 19.1. The van der Waals surface area contributed by atoms with Gasteiger partial charge in [-0.3, -0.25) is 0 Å². The van der Waals surface area contributed by atoms with E-state index in [0.29, 0.717) is 17.4 Å². The summed E-state index contributed by atoms with van der Waals surface area (Å²) in [6.07, 6.45) is 1.26. The minimum atomic E-state index is -0.370. The lowest BCUT2D eigenvalue weighted by Gasteiger charge is -2.05. The summed E-state index contributed by atoms with van der Waals surface area (Å²) < 4.78 is 14.4. The second-order valence-electron chi connectivity index (χ2n) is 3.72. The van der Waals surface area contributed by atoms with Gasteiger partial charge < -0.3 is 5.32 Å². The molecule has 0 bridgehead atoms. The van der Waals surface area contributed by atoms with E-state index in [0.717, 1.165) is 0 Å². The number of hydrogen-bond donors (Lipinski definition) is 2. The van der Waals surface area contributed by atoms with E-state index in [1.54, 1.807) is 6.07 Å². The van der Waals surface area contributed by atoms with E-state index in [-0.39, 0.29) is 11.9 Å². The Morgan fingerprint density at radius 3 is 3.11 bits per heavy atom. The Balaban J connectivity index is 1.86. The topological polar surface area (TPSA) is 96.7 Å². The van der Waals surface area contributed by atoms with Crippen LogP contribution in [-0.2, 0) is 0 Å². The number of nitrogens with zero attached hydrogens (tertiary/aromatic N) is 6. The number of aromatic amines is 1. The molecule has 0 radical (unpaired) electrons. The summed E-state index contributed by atoms with van der Waals surface area (Å²) in [7, 11) is 0. The Labute approximate surface area is 100 Å². The van der Waals surface area contributed by atoms with Crippen LogP contribution in [0.1, 0.15) is 18.8 Å². The van der Waals surface area contributed by atoms with Gasteiger partial charge in [-0.15, -0.1) is 15.3 Å². The van der Waals surface area contributed by atoms with Crippen LogP contribution in [0.25, 0.3) is 5.65 Å². The van der Waals surface area contributed by atoms with Crippen molar-refractivity contribution in [3.8, 4) is 0 Å². The lowest BCUT2D eigenvalue weighted by molar-refractivity contribution is 0.614. The monoisotopic (exact) mass is 248 g/mol. The second kappa shape index (κ2) is 4.02. The highest BCUT2D eigenvalue weighted by molar-refractivity contribution is 5.43. The second-order valence-corrected chi connectivity index (χ2v) is 3.72. The quantitative estimate of drug-likeness (QED) is 0.702. The Hall–Kier alpha value is -2.58. The van der Waals surface area contributed by atoms with Crippen LogP contribution in [0.3, 0.4) is 0 Å². The number of halogens is 1. The summed E-state index contributed by atoms with van der Waals surface area (Å²) in [5.41, 5.74) is 0.555. The summed E-state index contributed by atoms with van der Waals surface area (Å²) >= 11 is 0. The lowest BCUT2D eigenvalue weighted by atomic mass is 10.3. The molecule has 0 aliphatic rings. The Kier molecular flexibility index (Phi) is 2.36. The zero-order valence-corrected chi connectivity index (χ0v) is 9.37. The first-order valence-electron chi connectivity index (χ1n) is 5.24. The highest BCUT2D eigenvalue weighted by Gasteiger charge is 2.12. The summed E-state index contributed by atoms with van der Waals surface area (Å²) in [4.78, 5) is 4.19. The van der Waals surface area contributed by atoms with E-state index < -0.39 is 0 Å². The smallest absolute Gasteiger partial charge is 0.243 e. The molecule has 1 unspecified atom stereocenters. The SMILES string of the molecule is CC(Nc1nc2ccc(F)cn2n1)c1nn[nH]n1. The van der Waals surface area contributed by atoms with E-state index in [9.17, 15) is 4.39 Å². The van der Waals surface area contributed by atoms with Crippen molar-refractivity contribution in [2.75, 3.05) is 5.32 Å². The molecule has 0 aliphatic carbocycles. The van der Waals surface area contributed by atoms with Crippen molar-refractivity contribution < 1.29 is 4.39 Å². The van der Waals surface area contributed by atoms with Crippen molar-refractivity contribution in [1.29, 1.82) is 0 Å². The van der Waals surface area contributed by atoms with Gasteiger partial charge in [0.25, 0.3) is 0 Å². The first-order valence-corrected chi connectivity index (χ1v) is 5.24. The fraction of sp³-hybridized carbons (Fsp3) is 0.222. The van der Waals surface area contributed by atoms with E-state index >= 15 is 0 Å². The molecule has 0 saturated heterocycles. The molecule has 18 heavy (non-hydrogen) atoms. The molecule has 0 spiro atoms. The fourth-order valence-electron chi connectivity index (χ4n) is 1.53. The standard InChI is InChI=1S/C9H9FN8/c1-5(8-13-16-17-14-8)11-9-12-7-3-2-6(10)4-18(7)15-9/h2-5H,1H3,(H,11,15)(H,13,14,16,17). The largest absolute Gasteiger partial charge is 0.343 e. The van der Waals surface area contributed by atoms with Crippen LogP contribution in [0.4, 0.5) is 10.3 Å². The van der Waals surface area contributed by atoms with Gasteiger partial charge in [0.1, 0.15) is 5.82 Å². The number of fused-ring (bicyclic) bond motifs is 1. The van der Waals surface area contributed by atoms with Crippen LogP contribution in [0.15, 0.2) is 18.3 Å². The molecule has 2 N–H and O–H groups in total. The van der Waals surface area contributed by atoms with E-state index in [2.05, 4.69) is 36.0 Å². The predicted molar refractivity (Wildman–Crippen MR) is 59.2 cm³/mol. The zero-order valence-electron chi connectivity index (χ0n) is 9.37. The van der Waals surface area contributed by atoms with E-state index in [4.69, 9.17) is 0 Å². The number of H-pyrrole nitrogens is 1. The minimum absolute atomic E-state index is 0.203. The number of aromatic nitrogens is 7. The summed E-state index contributed by atoms with van der Waals surface area (Å²) in [6.45, 7) is 1.84. The molecule has 92 valence electrons. The van der Waals surface area contributed by atoms with Crippen molar-refractivity contribution in [1.82, 2.24) is 35.2 Å². The van der Waals surface area contributed by atoms with Crippen LogP contribution in [0.5, 0.6) is 0 Å². The van der Waals surface area contributed by atoms with Crippen LogP contribution in [0.2, 0.25) is 0 Å². The van der Waals surface area contributed by atoms with E-state index in [1.165, 1.54) is 16.8 Å². The van der Waals surface area contributed by atoms with Crippen molar-refractivity contribution in [2.45, 2.75) is 13.0 Å². The van der Waals surface area contributed by atoms with Gasteiger partial charge in [-0.25, -0.2) is 8.91 Å². The third-order valence-corrected chi connectivity index (χ3v) is 2.39. The predicted octanol–water partition coefficient (Wildman–Crippen LogP) is 0.555. The molecule has 1 atom stereocenters. The molecule has 9 heteroatoms. The van der Waals surface area contributed by atoms with Gasteiger partial charge >= 0.3 is 0 Å². The molecule has 3 heterocycles. The molecular weight excluding hydrogens is 239 g/mol. The first-order chi connectivity index (χ1) is 8.72. The van der Waals surface area contributed by atoms with Crippen molar-refractivity contribution in [3.05, 3.63) is 30.0 Å². The summed E-state index contributed by atoms with van der Waals surface area (Å²) in [5, 5.41) is 20.6. The Morgan fingerprint density at radius 1 is 1.44 bits per heavy atom. The molecule has 3 aromatic heterocycles. The molecule has 3 rings (SSSR count). The zero-order chi connectivity index (χ0) is 12.5. The lowest BCUT2D eigenvalue weighted by Crippen LogP contribution is -2.09. The molecule has 0 fully saturated rings. The highest BCUT2D eigenvalue weighted by Crippen LogP contribution is 2.13. The number of hydrogen-bond acceptors (Lipinski definition) is 6. The van der Waals surface area contributed by atoms with Gasteiger partial charge in [-0.1, -0.05) is 5.21 Å². The third kappa shape index (κ3) is 1.85. The molecule has 0 aromatic carbocycles.